The van der Waals surface area contributed by atoms with Crippen molar-refractivity contribution in [1.82, 2.24) is 5.32 Å². The number of amides is 1. The second-order valence-corrected chi connectivity index (χ2v) is 17.8. The van der Waals surface area contributed by atoms with Gasteiger partial charge in [-0.05, 0) is 103 Å². The fraction of sp³-hybridized carbons (Fsp3) is 0.537. The predicted molar refractivity (Wildman–Crippen MR) is 269 cm³/mol. The van der Waals surface area contributed by atoms with Gasteiger partial charge in [0, 0.05) is 6.42 Å². The number of likely N-dealkylation sites (N-methyl/N-ethyl adjacent to an activating group) is 1. The summed E-state index contributed by atoms with van der Waals surface area (Å²) in [6, 6.07) is -0.935. The summed E-state index contributed by atoms with van der Waals surface area (Å²) in [7, 11) is 1.18. The molecule has 0 saturated heterocycles. The summed E-state index contributed by atoms with van der Waals surface area (Å²) in [5, 5.41) is 13.6. The van der Waals surface area contributed by atoms with Gasteiger partial charge < -0.3 is 28.8 Å². The maximum absolute atomic E-state index is 12.8. The van der Waals surface area contributed by atoms with E-state index in [-0.39, 0.29) is 18.9 Å². The normalized spacial score (nSPS) is 15.5. The molecular formula is C54H87N2O6P. The molecule has 0 aromatic heterocycles. The summed E-state index contributed by atoms with van der Waals surface area (Å²) in [5.74, 6) is -0.262. The summed E-state index contributed by atoms with van der Waals surface area (Å²) in [4.78, 5) is 25.2. The zero-order valence-electron chi connectivity index (χ0n) is 40.0. The molecule has 2 N–H and O–H groups in total. The Kier molecular flexibility index (Phi) is 41.1. The molecule has 0 rings (SSSR count). The van der Waals surface area contributed by atoms with Gasteiger partial charge in [-0.25, -0.2) is 0 Å². The first-order valence-electron chi connectivity index (χ1n) is 23.7. The molecule has 0 aliphatic carbocycles. The van der Waals surface area contributed by atoms with Crippen LogP contribution in [0.4, 0.5) is 0 Å². The minimum atomic E-state index is -4.61. The van der Waals surface area contributed by atoms with Gasteiger partial charge in [-0.3, -0.25) is 9.36 Å². The third kappa shape index (κ3) is 46.2. The number of nitrogens with one attached hydrogen (secondary N) is 1. The number of nitrogens with zero attached hydrogens (tertiary/aromatic N) is 1. The Labute approximate surface area is 385 Å². The molecule has 0 heterocycles. The molecule has 0 saturated carbocycles. The molecule has 0 bridgehead atoms. The number of quaternary nitrogens is 1. The van der Waals surface area contributed by atoms with E-state index in [1.807, 2.05) is 27.2 Å². The van der Waals surface area contributed by atoms with Crippen molar-refractivity contribution in [1.29, 1.82) is 0 Å². The molecule has 3 unspecified atom stereocenters. The van der Waals surface area contributed by atoms with Crippen LogP contribution < -0.4 is 10.2 Å². The van der Waals surface area contributed by atoms with E-state index < -0.39 is 26.6 Å². The molecule has 9 heteroatoms. The van der Waals surface area contributed by atoms with Crippen molar-refractivity contribution >= 4 is 13.7 Å². The monoisotopic (exact) mass is 891 g/mol. The van der Waals surface area contributed by atoms with Crippen LogP contribution >= 0.6 is 7.82 Å². The first-order chi connectivity index (χ1) is 30.5. The second-order valence-electron chi connectivity index (χ2n) is 16.4. The van der Waals surface area contributed by atoms with Crippen LogP contribution in [0.2, 0.25) is 0 Å². The lowest BCUT2D eigenvalue weighted by atomic mass is 10.1. The van der Waals surface area contributed by atoms with Crippen molar-refractivity contribution < 1.29 is 32.9 Å². The van der Waals surface area contributed by atoms with E-state index >= 15 is 0 Å². The van der Waals surface area contributed by atoms with Gasteiger partial charge in [0.2, 0.25) is 5.91 Å². The van der Waals surface area contributed by atoms with Gasteiger partial charge in [0.15, 0.2) is 0 Å². The van der Waals surface area contributed by atoms with Crippen LogP contribution in [0.5, 0.6) is 0 Å². The van der Waals surface area contributed by atoms with Crippen LogP contribution in [0.15, 0.2) is 146 Å². The van der Waals surface area contributed by atoms with E-state index in [1.54, 1.807) is 6.08 Å². The molecule has 1 amide bonds. The van der Waals surface area contributed by atoms with Crippen LogP contribution in [0.25, 0.3) is 0 Å². The summed E-state index contributed by atoms with van der Waals surface area (Å²) in [6.07, 6.45) is 68.0. The van der Waals surface area contributed by atoms with Gasteiger partial charge in [0.05, 0.1) is 39.9 Å². The third-order valence-corrected chi connectivity index (χ3v) is 10.2. The van der Waals surface area contributed by atoms with E-state index in [0.717, 1.165) is 109 Å². The van der Waals surface area contributed by atoms with E-state index in [2.05, 4.69) is 153 Å². The molecule has 0 spiro atoms. The Balaban J connectivity index is 4.29. The van der Waals surface area contributed by atoms with E-state index in [0.29, 0.717) is 17.4 Å². The number of phosphoric ester groups is 1. The van der Waals surface area contributed by atoms with Gasteiger partial charge in [0.1, 0.15) is 13.2 Å². The molecule has 0 aromatic rings. The standard InChI is InChI=1S/C54H87N2O6P/c1-6-8-10-12-14-16-17-18-19-20-21-22-23-24-25-26-27-28-29-30-31-32-33-34-35-36-37-38-39-40-42-44-46-48-54(58)55-52(51-62-63(59,60)61-50-49-56(3,4)5)53(57)47-45-43-41-15-13-11-9-7-2/h8,10,13-16,18-19,21-22,24-25,27-28,30-31,33-34,36-37,39-40,45,47,52-53,57H,6-7,9,11-12,17,20,23,26,29,32,35,38,41-44,46,48-51H2,1-5H3,(H-,55,58,59,60)/b10-8-,15-13+,16-14-,19-18-,22-21-,25-24-,28-27-,31-30-,34-33-,37-36-,40-39-,47-45+. The molecule has 354 valence electrons. The van der Waals surface area contributed by atoms with Crippen molar-refractivity contribution in [3.63, 3.8) is 0 Å². The van der Waals surface area contributed by atoms with Crippen molar-refractivity contribution in [3.05, 3.63) is 146 Å². The van der Waals surface area contributed by atoms with Crippen LogP contribution in [0, 0.1) is 0 Å². The smallest absolute Gasteiger partial charge is 0.268 e. The highest BCUT2D eigenvalue weighted by Crippen LogP contribution is 2.38. The first-order valence-corrected chi connectivity index (χ1v) is 25.2. The van der Waals surface area contributed by atoms with E-state index in [4.69, 9.17) is 9.05 Å². The number of unbranched alkanes of at least 4 members (excludes halogenated alkanes) is 5. The Hall–Kier alpha value is -3.62. The van der Waals surface area contributed by atoms with Gasteiger partial charge in [-0.15, -0.1) is 0 Å². The van der Waals surface area contributed by atoms with Crippen LogP contribution in [0.3, 0.4) is 0 Å². The molecular weight excluding hydrogens is 804 g/mol. The predicted octanol–water partition coefficient (Wildman–Crippen LogP) is 13.2. The lowest BCUT2D eigenvalue weighted by Crippen LogP contribution is -2.45. The minimum absolute atomic E-state index is 0.0244. The van der Waals surface area contributed by atoms with Gasteiger partial charge in [0.25, 0.3) is 7.82 Å². The summed E-state index contributed by atoms with van der Waals surface area (Å²) >= 11 is 0. The highest BCUT2D eigenvalue weighted by Gasteiger charge is 2.23. The summed E-state index contributed by atoms with van der Waals surface area (Å²) < 4.78 is 23.0. The number of carbonyl (C=O) groups excluding carboxylic acids is 1. The molecule has 8 nitrogen and oxygen atoms in total. The van der Waals surface area contributed by atoms with E-state index in [9.17, 15) is 19.4 Å². The number of allylic oxidation sites excluding steroid dienone is 23. The summed E-state index contributed by atoms with van der Waals surface area (Å²) in [5.41, 5.74) is 0. The zero-order valence-corrected chi connectivity index (χ0v) is 40.8. The number of phosphoric acid groups is 1. The number of aliphatic hydroxyl groups excluding tert-OH is 1. The van der Waals surface area contributed by atoms with Crippen molar-refractivity contribution in [2.75, 3.05) is 40.9 Å². The lowest BCUT2D eigenvalue weighted by Gasteiger charge is -2.29. The second kappa shape index (κ2) is 43.6. The number of hydrogen-bond acceptors (Lipinski definition) is 6. The van der Waals surface area contributed by atoms with Crippen LogP contribution in [0.1, 0.15) is 136 Å². The fourth-order valence-electron chi connectivity index (χ4n) is 5.53. The van der Waals surface area contributed by atoms with E-state index in [1.165, 1.54) is 0 Å². The Morgan fingerprint density at radius 2 is 0.968 bits per heavy atom. The molecule has 0 aliphatic heterocycles. The minimum Gasteiger partial charge on any atom is -0.756 e. The van der Waals surface area contributed by atoms with Crippen molar-refractivity contribution in [2.45, 2.75) is 148 Å². The summed E-state index contributed by atoms with van der Waals surface area (Å²) in [6.45, 7) is 4.35. The average Bonchev–Trinajstić information content (AvgIpc) is 3.24. The molecule has 63 heavy (non-hydrogen) atoms. The third-order valence-electron chi connectivity index (χ3n) is 9.28. The van der Waals surface area contributed by atoms with Gasteiger partial charge in [-0.1, -0.05) is 173 Å². The van der Waals surface area contributed by atoms with Crippen LogP contribution in [-0.4, -0.2) is 68.5 Å². The highest BCUT2D eigenvalue weighted by molar-refractivity contribution is 7.45. The quantitative estimate of drug-likeness (QED) is 0.0275. The number of aliphatic hydroxyl groups is 1. The van der Waals surface area contributed by atoms with Gasteiger partial charge >= 0.3 is 0 Å². The lowest BCUT2D eigenvalue weighted by molar-refractivity contribution is -0.870. The van der Waals surface area contributed by atoms with Crippen molar-refractivity contribution in [2.24, 2.45) is 0 Å². The molecule has 3 atom stereocenters. The molecule has 0 aliphatic rings. The number of rotatable bonds is 40. The SMILES string of the molecule is CC/C=C\C/C=C\C/C=C\C/C=C\C/C=C\C/C=C\C/C=C\C/C=C\C/C=C\C/C=C\CCCCC(=O)NC(COP(=O)([O-])OCC[N+](C)(C)C)C(O)/C=C/CC/C=C/CCCC. The highest BCUT2D eigenvalue weighted by atomic mass is 31.2. The Bertz CT molecular complexity index is 1520. The fourth-order valence-corrected chi connectivity index (χ4v) is 6.25. The largest absolute Gasteiger partial charge is 0.756 e. The molecule has 0 radical (unpaired) electrons. The molecule has 0 fully saturated rings. The number of carbonyl (C=O) groups is 1. The molecule has 0 aromatic carbocycles. The van der Waals surface area contributed by atoms with Crippen LogP contribution in [-0.2, 0) is 18.4 Å². The average molecular weight is 891 g/mol. The zero-order chi connectivity index (χ0) is 46.4. The Morgan fingerprint density at radius 3 is 1.41 bits per heavy atom. The maximum Gasteiger partial charge on any atom is 0.268 e. The van der Waals surface area contributed by atoms with Crippen molar-refractivity contribution in [3.8, 4) is 0 Å². The topological polar surface area (TPSA) is 108 Å². The number of hydrogen-bond donors (Lipinski definition) is 2. The van der Waals surface area contributed by atoms with Gasteiger partial charge in [-0.2, -0.15) is 0 Å². The Morgan fingerprint density at radius 1 is 0.571 bits per heavy atom. The first kappa shape index (κ1) is 59.4. The maximum atomic E-state index is 12.8.